The molecule has 0 spiro atoms. The third kappa shape index (κ3) is 7.52. The summed E-state index contributed by atoms with van der Waals surface area (Å²) in [7, 11) is 2.24. The Morgan fingerprint density at radius 1 is 1.09 bits per heavy atom. The SMILES string of the molecule is CC.CC.CC1CC(C(C)C)N(C)C1.CCc1ccc2c(c1)C2. The lowest BCUT2D eigenvalue weighted by atomic mass is 9.99. The molecule has 2 aliphatic rings. The van der Waals surface area contributed by atoms with E-state index in [0.29, 0.717) is 0 Å². The molecule has 1 heteroatoms. The summed E-state index contributed by atoms with van der Waals surface area (Å²) >= 11 is 0. The third-order valence-corrected chi connectivity index (χ3v) is 4.51. The third-order valence-electron chi connectivity index (χ3n) is 4.51. The number of benzene rings is 1. The molecule has 0 amide bonds. The van der Waals surface area contributed by atoms with Gasteiger partial charge in [0, 0.05) is 12.6 Å². The Morgan fingerprint density at radius 2 is 1.70 bits per heavy atom. The molecule has 1 aromatic carbocycles. The zero-order chi connectivity index (χ0) is 18.0. The molecule has 1 saturated heterocycles. The quantitative estimate of drug-likeness (QED) is 0.638. The number of likely N-dealkylation sites (tertiary alicyclic amines) is 1. The maximum Gasteiger partial charge on any atom is 0.0118 e. The Labute approximate surface area is 146 Å². The average Bonchev–Trinajstić information content (AvgIpc) is 3.27. The predicted molar refractivity (Wildman–Crippen MR) is 106 cm³/mol. The van der Waals surface area contributed by atoms with Crippen LogP contribution in [0.1, 0.15) is 78.5 Å². The van der Waals surface area contributed by atoms with E-state index in [2.05, 4.69) is 57.8 Å². The van der Waals surface area contributed by atoms with Gasteiger partial charge in [-0.1, -0.05) is 73.6 Å². The number of rotatable bonds is 2. The molecule has 3 rings (SSSR count). The van der Waals surface area contributed by atoms with Crippen LogP contribution in [0.2, 0.25) is 0 Å². The smallest absolute Gasteiger partial charge is 0.0118 e. The fourth-order valence-electron chi connectivity index (χ4n) is 3.24. The molecular weight excluding hydrogens is 278 g/mol. The molecule has 134 valence electrons. The van der Waals surface area contributed by atoms with Crippen LogP contribution in [-0.2, 0) is 12.8 Å². The van der Waals surface area contributed by atoms with Crippen molar-refractivity contribution in [3.63, 3.8) is 0 Å². The van der Waals surface area contributed by atoms with Crippen LogP contribution < -0.4 is 0 Å². The molecule has 1 aliphatic carbocycles. The van der Waals surface area contributed by atoms with Crippen LogP contribution in [0, 0.1) is 11.8 Å². The van der Waals surface area contributed by atoms with Crippen LogP contribution in [0.5, 0.6) is 0 Å². The molecule has 0 radical (unpaired) electrons. The number of aryl methyl sites for hydroxylation is 1. The summed E-state index contributed by atoms with van der Waals surface area (Å²) in [6.07, 6.45) is 3.82. The van der Waals surface area contributed by atoms with Gasteiger partial charge in [0.15, 0.2) is 0 Å². The Balaban J connectivity index is 0.000000347. The lowest BCUT2D eigenvalue weighted by Gasteiger charge is -2.22. The van der Waals surface area contributed by atoms with Crippen LogP contribution in [0.4, 0.5) is 0 Å². The maximum atomic E-state index is 2.50. The predicted octanol–water partition coefficient (Wildman–Crippen LogP) is 6.19. The van der Waals surface area contributed by atoms with E-state index in [1.165, 1.54) is 31.4 Å². The van der Waals surface area contributed by atoms with Gasteiger partial charge >= 0.3 is 0 Å². The second-order valence-corrected chi connectivity index (χ2v) is 6.73. The molecule has 0 saturated carbocycles. The highest BCUT2D eigenvalue weighted by Gasteiger charge is 2.28. The van der Waals surface area contributed by atoms with Crippen molar-refractivity contribution >= 4 is 0 Å². The zero-order valence-corrected chi connectivity index (χ0v) is 17.2. The van der Waals surface area contributed by atoms with E-state index in [4.69, 9.17) is 0 Å². The van der Waals surface area contributed by atoms with Crippen LogP contribution in [-0.4, -0.2) is 24.5 Å². The summed E-state index contributed by atoms with van der Waals surface area (Å²) in [5, 5.41) is 0. The molecule has 2 unspecified atom stereocenters. The summed E-state index contributed by atoms with van der Waals surface area (Å²) < 4.78 is 0. The Morgan fingerprint density at radius 3 is 2.04 bits per heavy atom. The first-order chi connectivity index (χ1) is 11.0. The Hall–Kier alpha value is -0.820. The van der Waals surface area contributed by atoms with Crippen molar-refractivity contribution in [3.8, 4) is 0 Å². The van der Waals surface area contributed by atoms with Crippen molar-refractivity contribution in [3.05, 3.63) is 34.9 Å². The minimum Gasteiger partial charge on any atom is -0.303 e. The van der Waals surface area contributed by atoms with E-state index in [1.54, 1.807) is 11.1 Å². The van der Waals surface area contributed by atoms with Gasteiger partial charge in [0.25, 0.3) is 0 Å². The number of hydrogen-bond donors (Lipinski definition) is 0. The summed E-state index contributed by atoms with van der Waals surface area (Å²) in [5.41, 5.74) is 4.59. The average molecular weight is 320 g/mol. The highest BCUT2D eigenvalue weighted by Crippen LogP contribution is 2.28. The van der Waals surface area contributed by atoms with Gasteiger partial charge < -0.3 is 4.90 Å². The van der Waals surface area contributed by atoms with Crippen molar-refractivity contribution in [1.29, 1.82) is 0 Å². The minimum atomic E-state index is 0.829. The molecule has 23 heavy (non-hydrogen) atoms. The van der Waals surface area contributed by atoms with E-state index in [0.717, 1.165) is 17.9 Å². The van der Waals surface area contributed by atoms with Crippen LogP contribution in [0.15, 0.2) is 18.2 Å². The van der Waals surface area contributed by atoms with Gasteiger partial charge in [-0.05, 0) is 54.8 Å². The van der Waals surface area contributed by atoms with E-state index < -0.39 is 0 Å². The first kappa shape index (κ1) is 22.2. The normalized spacial score (nSPS) is 21.1. The molecule has 1 aromatic rings. The zero-order valence-electron chi connectivity index (χ0n) is 17.2. The van der Waals surface area contributed by atoms with Gasteiger partial charge in [0.1, 0.15) is 0 Å². The fourth-order valence-corrected chi connectivity index (χ4v) is 3.24. The molecule has 0 N–H and O–H groups in total. The van der Waals surface area contributed by atoms with Crippen molar-refractivity contribution in [2.45, 2.75) is 80.7 Å². The van der Waals surface area contributed by atoms with E-state index in [1.807, 2.05) is 27.7 Å². The molecule has 1 aliphatic heterocycles. The largest absolute Gasteiger partial charge is 0.303 e. The molecule has 0 bridgehead atoms. The highest BCUT2D eigenvalue weighted by molar-refractivity contribution is 5.46. The molecular formula is C22H41N. The second-order valence-electron chi connectivity index (χ2n) is 6.73. The van der Waals surface area contributed by atoms with Crippen LogP contribution in [0.3, 0.4) is 0 Å². The molecule has 1 heterocycles. The molecule has 2 atom stereocenters. The number of hydrogen-bond acceptors (Lipinski definition) is 1. The van der Waals surface area contributed by atoms with Crippen LogP contribution in [0.25, 0.3) is 0 Å². The monoisotopic (exact) mass is 319 g/mol. The van der Waals surface area contributed by atoms with Crippen molar-refractivity contribution in [2.75, 3.05) is 13.6 Å². The van der Waals surface area contributed by atoms with Crippen LogP contribution >= 0.6 is 0 Å². The van der Waals surface area contributed by atoms with Gasteiger partial charge in [-0.3, -0.25) is 0 Å². The van der Waals surface area contributed by atoms with Gasteiger partial charge in [0.05, 0.1) is 0 Å². The Kier molecular flexibility index (Phi) is 11.3. The number of nitrogens with zero attached hydrogens (tertiary/aromatic N) is 1. The van der Waals surface area contributed by atoms with Crippen molar-refractivity contribution in [2.24, 2.45) is 11.8 Å². The summed E-state index contributed by atoms with van der Waals surface area (Å²) in [4.78, 5) is 2.50. The maximum absolute atomic E-state index is 2.50. The van der Waals surface area contributed by atoms with Crippen molar-refractivity contribution < 1.29 is 0 Å². The molecule has 0 aromatic heterocycles. The van der Waals surface area contributed by atoms with E-state index in [-0.39, 0.29) is 0 Å². The van der Waals surface area contributed by atoms with E-state index in [9.17, 15) is 0 Å². The Bertz CT molecular complexity index is 422. The first-order valence-corrected chi connectivity index (χ1v) is 9.82. The minimum absolute atomic E-state index is 0.829. The lowest BCUT2D eigenvalue weighted by Crippen LogP contribution is -2.29. The standard InChI is InChI=1S/C9H19N.C9H10.2C2H6/c1-7(2)9-5-8(3)6-10(9)4;1-2-7-3-4-8-6-9(8)5-7;2*1-2/h7-9H,5-6H2,1-4H3;3-5H,2,6H2,1H3;2*1-2H3. The second kappa shape index (κ2) is 11.7. The fraction of sp³-hybridized carbons (Fsp3) is 0.727. The van der Waals surface area contributed by atoms with Crippen molar-refractivity contribution in [1.82, 2.24) is 4.90 Å². The summed E-state index contributed by atoms with van der Waals surface area (Å²) in [5.74, 6) is 1.74. The highest BCUT2D eigenvalue weighted by atomic mass is 15.2. The number of fused-ring (bicyclic) bond motifs is 1. The summed E-state index contributed by atoms with van der Waals surface area (Å²) in [6.45, 7) is 18.5. The van der Waals surface area contributed by atoms with E-state index >= 15 is 0 Å². The molecule has 1 nitrogen and oxygen atoms in total. The topological polar surface area (TPSA) is 3.24 Å². The van der Waals surface area contributed by atoms with Gasteiger partial charge in [-0.15, -0.1) is 0 Å². The summed E-state index contributed by atoms with van der Waals surface area (Å²) in [6, 6.07) is 7.63. The molecule has 1 fully saturated rings. The lowest BCUT2D eigenvalue weighted by molar-refractivity contribution is 0.250. The van der Waals surface area contributed by atoms with Gasteiger partial charge in [-0.2, -0.15) is 0 Å². The van der Waals surface area contributed by atoms with Gasteiger partial charge in [-0.25, -0.2) is 0 Å². The van der Waals surface area contributed by atoms with Gasteiger partial charge in [0.2, 0.25) is 0 Å². The first-order valence-electron chi connectivity index (χ1n) is 9.82.